The van der Waals surface area contributed by atoms with Crippen LogP contribution in [0.4, 0.5) is 14.9 Å². The molecule has 0 atom stereocenters. The number of ether oxygens (including phenoxy) is 1. The van der Waals surface area contributed by atoms with Gasteiger partial charge in [0.2, 0.25) is 0 Å². The Balaban J connectivity index is 2.89. The Kier molecular flexibility index (Phi) is 3.90. The molecule has 2 N–H and O–H groups in total. The van der Waals surface area contributed by atoms with Crippen LogP contribution in [0.25, 0.3) is 0 Å². The fraction of sp³-hybridized carbons (Fsp3) is 0.333. The van der Waals surface area contributed by atoms with E-state index < -0.39 is 23.3 Å². The highest BCUT2D eigenvalue weighted by atomic mass is 19.1. The van der Waals surface area contributed by atoms with Crippen molar-refractivity contribution in [3.63, 3.8) is 0 Å². The summed E-state index contributed by atoms with van der Waals surface area (Å²) in [6.45, 7) is 4.99. The average Bonchev–Trinajstić information content (AvgIpc) is 2.20. The Morgan fingerprint density at radius 3 is 2.56 bits per heavy atom. The van der Waals surface area contributed by atoms with Gasteiger partial charge in [0.05, 0.1) is 11.3 Å². The van der Waals surface area contributed by atoms with Crippen molar-refractivity contribution in [3.05, 3.63) is 23.5 Å². The predicted molar refractivity (Wildman–Crippen MR) is 63.3 cm³/mol. The molecule has 1 rings (SSSR count). The number of halogens is 1. The van der Waals surface area contributed by atoms with Crippen molar-refractivity contribution in [2.75, 3.05) is 5.32 Å². The van der Waals surface area contributed by atoms with Gasteiger partial charge in [0, 0.05) is 6.07 Å². The van der Waals surface area contributed by atoms with E-state index in [1.165, 1.54) is 0 Å². The van der Waals surface area contributed by atoms with E-state index in [1.54, 1.807) is 20.8 Å². The lowest BCUT2D eigenvalue weighted by molar-refractivity contribution is 0.0635. The highest BCUT2D eigenvalue weighted by molar-refractivity contribution is 5.87. The first-order valence-electron chi connectivity index (χ1n) is 5.20. The first-order valence-corrected chi connectivity index (χ1v) is 5.20. The topological polar surface area (TPSA) is 75.6 Å². The van der Waals surface area contributed by atoms with Crippen LogP contribution in [0.3, 0.4) is 0 Å². The molecule has 0 aliphatic heterocycles. The third kappa shape index (κ3) is 3.73. The number of carbonyl (C=O) groups excluding carboxylic acids is 2. The molecule has 98 valence electrons. The smallest absolute Gasteiger partial charge is 0.412 e. The van der Waals surface area contributed by atoms with Crippen molar-refractivity contribution in [3.8, 4) is 5.75 Å². The standard InChI is InChI=1S/C12H14FNO4/c1-12(2,3)18-11(17)14-9-5-10(16)7(6-15)4-8(9)13/h4-6,16H,1-3H3,(H,14,17). The first-order chi connectivity index (χ1) is 8.23. The fourth-order valence-electron chi connectivity index (χ4n) is 1.18. The monoisotopic (exact) mass is 255 g/mol. The second-order valence-electron chi connectivity index (χ2n) is 4.64. The molecule has 0 saturated heterocycles. The second kappa shape index (κ2) is 5.03. The number of benzene rings is 1. The number of rotatable bonds is 2. The Bertz CT molecular complexity index is 480. The number of phenolic OH excluding ortho intramolecular Hbond substituents is 1. The molecular formula is C12H14FNO4. The van der Waals surface area contributed by atoms with Gasteiger partial charge in [0.15, 0.2) is 6.29 Å². The van der Waals surface area contributed by atoms with E-state index in [0.29, 0.717) is 6.29 Å². The minimum Gasteiger partial charge on any atom is -0.507 e. The zero-order chi connectivity index (χ0) is 13.9. The summed E-state index contributed by atoms with van der Waals surface area (Å²) in [4.78, 5) is 21.9. The van der Waals surface area contributed by atoms with Crippen LogP contribution in [0.2, 0.25) is 0 Å². The molecule has 0 saturated carbocycles. The maximum absolute atomic E-state index is 13.5. The Hall–Kier alpha value is -2.11. The molecule has 5 nitrogen and oxygen atoms in total. The summed E-state index contributed by atoms with van der Waals surface area (Å²) in [5, 5.41) is 11.5. The molecule has 0 bridgehead atoms. The minimum absolute atomic E-state index is 0.192. The first kappa shape index (κ1) is 14.0. The van der Waals surface area contributed by atoms with Gasteiger partial charge in [-0.15, -0.1) is 0 Å². The predicted octanol–water partition coefficient (Wildman–Crippen LogP) is 2.69. The normalized spacial score (nSPS) is 10.9. The van der Waals surface area contributed by atoms with E-state index >= 15 is 0 Å². The summed E-state index contributed by atoms with van der Waals surface area (Å²) in [6.07, 6.45) is -0.532. The summed E-state index contributed by atoms with van der Waals surface area (Å²) >= 11 is 0. The maximum atomic E-state index is 13.5. The zero-order valence-corrected chi connectivity index (χ0v) is 10.3. The molecule has 0 aliphatic rings. The molecular weight excluding hydrogens is 241 g/mol. The van der Waals surface area contributed by atoms with Crippen molar-refractivity contribution in [2.24, 2.45) is 0 Å². The van der Waals surface area contributed by atoms with Gasteiger partial charge >= 0.3 is 6.09 Å². The fourth-order valence-corrected chi connectivity index (χ4v) is 1.18. The number of aldehydes is 1. The summed E-state index contributed by atoms with van der Waals surface area (Å²) in [5.74, 6) is -1.25. The zero-order valence-electron chi connectivity index (χ0n) is 10.3. The Morgan fingerprint density at radius 2 is 2.06 bits per heavy atom. The molecule has 1 aromatic carbocycles. The molecule has 0 fully saturated rings. The summed E-state index contributed by atoms with van der Waals surface area (Å²) in [7, 11) is 0. The Morgan fingerprint density at radius 1 is 1.44 bits per heavy atom. The SMILES string of the molecule is CC(C)(C)OC(=O)Nc1cc(O)c(C=O)cc1F. The van der Waals surface area contributed by atoms with Gasteiger partial charge in [-0.25, -0.2) is 9.18 Å². The average molecular weight is 255 g/mol. The van der Waals surface area contributed by atoms with Crippen molar-refractivity contribution in [1.82, 2.24) is 0 Å². The number of amides is 1. The number of nitrogens with one attached hydrogen (secondary N) is 1. The van der Waals surface area contributed by atoms with E-state index in [-0.39, 0.29) is 11.3 Å². The van der Waals surface area contributed by atoms with E-state index in [0.717, 1.165) is 12.1 Å². The number of carbonyl (C=O) groups is 2. The van der Waals surface area contributed by atoms with Crippen molar-refractivity contribution in [1.29, 1.82) is 0 Å². The lowest BCUT2D eigenvalue weighted by atomic mass is 10.2. The maximum Gasteiger partial charge on any atom is 0.412 e. The van der Waals surface area contributed by atoms with E-state index in [2.05, 4.69) is 5.32 Å². The molecule has 0 unspecified atom stereocenters. The van der Waals surface area contributed by atoms with Gasteiger partial charge < -0.3 is 9.84 Å². The van der Waals surface area contributed by atoms with Crippen molar-refractivity contribution < 1.29 is 23.8 Å². The van der Waals surface area contributed by atoms with Crippen molar-refractivity contribution in [2.45, 2.75) is 26.4 Å². The van der Waals surface area contributed by atoms with E-state index in [9.17, 15) is 19.1 Å². The lowest BCUT2D eigenvalue weighted by Crippen LogP contribution is -2.27. The molecule has 0 aliphatic carbocycles. The number of hydrogen-bond acceptors (Lipinski definition) is 4. The van der Waals surface area contributed by atoms with Gasteiger partial charge in [-0.3, -0.25) is 10.1 Å². The summed E-state index contributed by atoms with van der Waals surface area (Å²) in [6, 6.07) is 1.78. The van der Waals surface area contributed by atoms with Gasteiger partial charge in [-0.2, -0.15) is 0 Å². The van der Waals surface area contributed by atoms with Crippen LogP contribution >= 0.6 is 0 Å². The number of phenols is 1. The van der Waals surface area contributed by atoms with Crippen LogP contribution in [0.15, 0.2) is 12.1 Å². The summed E-state index contributed by atoms with van der Waals surface area (Å²) in [5.41, 5.74) is -1.17. The largest absolute Gasteiger partial charge is 0.507 e. The second-order valence-corrected chi connectivity index (χ2v) is 4.64. The molecule has 1 aromatic rings. The quantitative estimate of drug-likeness (QED) is 0.796. The van der Waals surface area contributed by atoms with Gasteiger partial charge in [-0.1, -0.05) is 0 Å². The van der Waals surface area contributed by atoms with Crippen molar-refractivity contribution >= 4 is 18.1 Å². The minimum atomic E-state index is -0.848. The van der Waals surface area contributed by atoms with E-state index in [1.807, 2.05) is 0 Å². The third-order valence-electron chi connectivity index (χ3n) is 1.88. The Labute approximate surface area is 104 Å². The molecule has 0 heterocycles. The van der Waals surface area contributed by atoms with E-state index in [4.69, 9.17) is 4.74 Å². The number of aromatic hydroxyl groups is 1. The highest BCUT2D eigenvalue weighted by Crippen LogP contribution is 2.24. The van der Waals surface area contributed by atoms with Gasteiger partial charge in [0.1, 0.15) is 17.2 Å². The number of anilines is 1. The van der Waals surface area contributed by atoms with Crippen LogP contribution < -0.4 is 5.32 Å². The molecule has 0 spiro atoms. The van der Waals surface area contributed by atoms with Crippen LogP contribution in [0.1, 0.15) is 31.1 Å². The van der Waals surface area contributed by atoms with Gasteiger partial charge in [-0.05, 0) is 26.8 Å². The summed E-state index contributed by atoms with van der Waals surface area (Å²) < 4.78 is 18.4. The van der Waals surface area contributed by atoms with Gasteiger partial charge in [0.25, 0.3) is 0 Å². The number of hydrogen-bond donors (Lipinski definition) is 2. The van der Waals surface area contributed by atoms with Crippen LogP contribution in [-0.2, 0) is 4.74 Å². The lowest BCUT2D eigenvalue weighted by Gasteiger charge is -2.19. The molecule has 1 amide bonds. The van der Waals surface area contributed by atoms with Crippen LogP contribution in [-0.4, -0.2) is 23.1 Å². The molecule has 6 heteroatoms. The van der Waals surface area contributed by atoms with Crippen LogP contribution in [0.5, 0.6) is 5.75 Å². The molecule has 18 heavy (non-hydrogen) atoms. The molecule has 0 aromatic heterocycles. The van der Waals surface area contributed by atoms with Crippen LogP contribution in [0, 0.1) is 5.82 Å². The molecule has 0 radical (unpaired) electrons. The third-order valence-corrected chi connectivity index (χ3v) is 1.88. The highest BCUT2D eigenvalue weighted by Gasteiger charge is 2.18.